The van der Waals surface area contributed by atoms with Crippen molar-refractivity contribution in [3.8, 4) is 12.1 Å². The number of nitrogens with zero attached hydrogens (tertiary/aromatic N) is 5. The molecule has 0 saturated heterocycles. The first-order valence-electron chi connectivity index (χ1n) is 6.01. The molecule has 9 heteroatoms. The highest BCUT2D eigenvalue weighted by molar-refractivity contribution is 5.56. The van der Waals surface area contributed by atoms with Crippen molar-refractivity contribution in [3.05, 3.63) is 40.8 Å². The summed E-state index contributed by atoms with van der Waals surface area (Å²) in [6.07, 6.45) is -3.46. The van der Waals surface area contributed by atoms with Gasteiger partial charge in [-0.15, -0.1) is 0 Å². The van der Waals surface area contributed by atoms with E-state index in [1.54, 1.807) is 19.1 Å². The molecule has 22 heavy (non-hydrogen) atoms. The van der Waals surface area contributed by atoms with Gasteiger partial charge in [0.25, 0.3) is 0 Å². The van der Waals surface area contributed by atoms with E-state index in [1.807, 2.05) is 0 Å². The number of hydrogen-bond donors (Lipinski definition) is 1. The van der Waals surface area contributed by atoms with Gasteiger partial charge < -0.3 is 5.73 Å². The highest BCUT2D eigenvalue weighted by Crippen LogP contribution is 2.29. The van der Waals surface area contributed by atoms with Crippen molar-refractivity contribution in [2.24, 2.45) is 0 Å². The zero-order chi connectivity index (χ0) is 16.5. The van der Waals surface area contributed by atoms with Crippen LogP contribution in [-0.4, -0.2) is 14.8 Å². The second-order valence-corrected chi connectivity index (χ2v) is 4.43. The van der Waals surface area contributed by atoms with E-state index in [0.29, 0.717) is 5.56 Å². The summed E-state index contributed by atoms with van der Waals surface area (Å²) in [6.45, 7) is 1.62. The summed E-state index contributed by atoms with van der Waals surface area (Å²) in [5.41, 5.74) is 4.97. The van der Waals surface area contributed by atoms with Crippen LogP contribution in [0.5, 0.6) is 0 Å². The fourth-order valence-electron chi connectivity index (χ4n) is 1.89. The highest BCUT2D eigenvalue weighted by Gasteiger charge is 2.32. The molecule has 2 heterocycles. The van der Waals surface area contributed by atoms with Crippen molar-refractivity contribution < 1.29 is 13.2 Å². The van der Waals surface area contributed by atoms with Crippen molar-refractivity contribution in [1.29, 1.82) is 10.5 Å². The van der Waals surface area contributed by atoms with E-state index >= 15 is 0 Å². The van der Waals surface area contributed by atoms with Crippen LogP contribution in [0.3, 0.4) is 0 Å². The normalized spacial score (nSPS) is 12.5. The predicted octanol–water partition coefficient (Wildman–Crippen LogP) is 2.23. The van der Waals surface area contributed by atoms with E-state index in [4.69, 9.17) is 16.3 Å². The van der Waals surface area contributed by atoms with Gasteiger partial charge in [0.15, 0.2) is 5.69 Å². The minimum Gasteiger partial charge on any atom is -0.383 e. The van der Waals surface area contributed by atoms with E-state index in [9.17, 15) is 13.2 Å². The lowest BCUT2D eigenvalue weighted by atomic mass is 10.1. The van der Waals surface area contributed by atoms with Gasteiger partial charge >= 0.3 is 6.18 Å². The molecule has 2 N–H and O–H groups in total. The average Bonchev–Trinajstić information content (AvgIpc) is 2.81. The van der Waals surface area contributed by atoms with Gasteiger partial charge in [-0.05, 0) is 18.6 Å². The molecule has 2 rings (SSSR count). The number of nitriles is 2. The van der Waals surface area contributed by atoms with Crippen molar-refractivity contribution >= 4 is 5.82 Å². The molecule has 0 amide bonds. The molecule has 6 nitrogen and oxygen atoms in total. The number of rotatable bonds is 2. The van der Waals surface area contributed by atoms with Gasteiger partial charge in [-0.25, -0.2) is 4.68 Å². The molecule has 0 aliphatic rings. The summed E-state index contributed by atoms with van der Waals surface area (Å²) >= 11 is 0. The number of nitrogens with two attached hydrogens (primary N) is 1. The molecule has 2 aromatic heterocycles. The van der Waals surface area contributed by atoms with Crippen LogP contribution in [-0.2, 0) is 6.18 Å². The van der Waals surface area contributed by atoms with Crippen LogP contribution in [0.1, 0.15) is 35.5 Å². The van der Waals surface area contributed by atoms with Gasteiger partial charge in [0.1, 0.15) is 29.2 Å². The summed E-state index contributed by atoms with van der Waals surface area (Å²) < 4.78 is 38.7. The molecule has 0 spiro atoms. The molecule has 1 atom stereocenters. The summed E-state index contributed by atoms with van der Waals surface area (Å²) in [6, 6.07) is 5.04. The number of hydrogen-bond acceptors (Lipinski definition) is 5. The van der Waals surface area contributed by atoms with E-state index in [-0.39, 0.29) is 17.1 Å². The summed E-state index contributed by atoms with van der Waals surface area (Å²) in [5, 5.41) is 21.8. The van der Waals surface area contributed by atoms with E-state index in [0.717, 1.165) is 12.3 Å². The minimum atomic E-state index is -4.52. The fraction of sp³-hybridized carbons (Fsp3) is 0.231. The molecule has 112 valence electrons. The zero-order valence-corrected chi connectivity index (χ0v) is 11.3. The third kappa shape index (κ3) is 2.56. The number of halogens is 3. The fourth-order valence-corrected chi connectivity index (χ4v) is 1.89. The quantitative estimate of drug-likeness (QED) is 0.916. The standard InChI is InChI=1S/C13H9F3N6/c1-7(8-2-3-11(20-6-8)13(14,15)16)22-12(19)9(4-17)10(5-18)21-22/h2-3,6-7H,19H2,1H3. The summed E-state index contributed by atoms with van der Waals surface area (Å²) in [7, 11) is 0. The van der Waals surface area contributed by atoms with Crippen LogP contribution in [0.2, 0.25) is 0 Å². The Hall–Kier alpha value is -3.07. The van der Waals surface area contributed by atoms with Crippen LogP contribution in [0.4, 0.5) is 19.0 Å². The van der Waals surface area contributed by atoms with Crippen LogP contribution >= 0.6 is 0 Å². The number of anilines is 1. The minimum absolute atomic E-state index is 0.0218. The lowest BCUT2D eigenvalue weighted by molar-refractivity contribution is -0.141. The van der Waals surface area contributed by atoms with Crippen molar-refractivity contribution in [2.45, 2.75) is 19.1 Å². The Morgan fingerprint density at radius 2 is 1.95 bits per heavy atom. The van der Waals surface area contributed by atoms with E-state index in [2.05, 4.69) is 10.1 Å². The smallest absolute Gasteiger partial charge is 0.383 e. The first-order chi connectivity index (χ1) is 10.3. The first-order valence-corrected chi connectivity index (χ1v) is 6.01. The number of aromatic nitrogens is 3. The Morgan fingerprint density at radius 3 is 2.36 bits per heavy atom. The highest BCUT2D eigenvalue weighted by atomic mass is 19.4. The van der Waals surface area contributed by atoms with Crippen molar-refractivity contribution in [3.63, 3.8) is 0 Å². The molecule has 0 aliphatic carbocycles. The van der Waals surface area contributed by atoms with Gasteiger partial charge in [-0.3, -0.25) is 4.98 Å². The van der Waals surface area contributed by atoms with Crippen LogP contribution in [0.15, 0.2) is 18.3 Å². The maximum absolute atomic E-state index is 12.5. The number of alkyl halides is 3. The lowest BCUT2D eigenvalue weighted by Gasteiger charge is -2.14. The third-order valence-electron chi connectivity index (χ3n) is 3.09. The number of nitrogen functional groups attached to an aromatic ring is 1. The predicted molar refractivity (Wildman–Crippen MR) is 69.1 cm³/mol. The molecular formula is C13H9F3N6. The van der Waals surface area contributed by atoms with Crippen molar-refractivity contribution in [2.75, 3.05) is 5.73 Å². The molecule has 0 bridgehead atoms. The molecule has 0 radical (unpaired) electrons. The second-order valence-electron chi connectivity index (χ2n) is 4.43. The largest absolute Gasteiger partial charge is 0.433 e. The molecule has 0 fully saturated rings. The Balaban J connectivity index is 2.41. The maximum atomic E-state index is 12.5. The topological polar surface area (TPSA) is 104 Å². The molecule has 1 unspecified atom stereocenters. The Morgan fingerprint density at radius 1 is 1.27 bits per heavy atom. The van der Waals surface area contributed by atoms with Crippen molar-refractivity contribution in [1.82, 2.24) is 14.8 Å². The Bertz CT molecular complexity index is 776. The number of pyridine rings is 1. The van der Waals surface area contributed by atoms with Gasteiger partial charge in [0.05, 0.1) is 6.04 Å². The third-order valence-corrected chi connectivity index (χ3v) is 3.09. The summed E-state index contributed by atoms with van der Waals surface area (Å²) in [5.74, 6) is -0.0218. The van der Waals surface area contributed by atoms with Gasteiger partial charge in [0, 0.05) is 6.20 Å². The zero-order valence-electron chi connectivity index (χ0n) is 11.3. The van der Waals surface area contributed by atoms with Gasteiger partial charge in [0.2, 0.25) is 0 Å². The van der Waals surface area contributed by atoms with E-state index < -0.39 is 17.9 Å². The molecule has 2 aromatic rings. The monoisotopic (exact) mass is 306 g/mol. The average molecular weight is 306 g/mol. The maximum Gasteiger partial charge on any atom is 0.433 e. The lowest BCUT2D eigenvalue weighted by Crippen LogP contribution is -2.13. The van der Waals surface area contributed by atoms with E-state index in [1.165, 1.54) is 10.7 Å². The summed E-state index contributed by atoms with van der Waals surface area (Å²) in [4.78, 5) is 3.36. The van der Waals surface area contributed by atoms with Crippen LogP contribution < -0.4 is 5.73 Å². The first kappa shape index (κ1) is 15.3. The van der Waals surface area contributed by atoms with Crippen LogP contribution in [0, 0.1) is 22.7 Å². The molecule has 0 aromatic carbocycles. The Labute approximate surface area is 123 Å². The van der Waals surface area contributed by atoms with Gasteiger partial charge in [-0.2, -0.15) is 28.8 Å². The Kier molecular flexibility index (Phi) is 3.74. The molecule has 0 aliphatic heterocycles. The SMILES string of the molecule is CC(c1ccc(C(F)(F)F)nc1)n1nc(C#N)c(C#N)c1N. The molecular weight excluding hydrogens is 297 g/mol. The van der Waals surface area contributed by atoms with Gasteiger partial charge in [-0.1, -0.05) is 6.07 Å². The second kappa shape index (κ2) is 5.37. The molecule has 0 saturated carbocycles. The van der Waals surface area contributed by atoms with Crippen LogP contribution in [0.25, 0.3) is 0 Å².